The minimum atomic E-state index is 0.292. The molecule has 0 aliphatic carbocycles. The predicted octanol–water partition coefficient (Wildman–Crippen LogP) is 1.98. The molecule has 0 saturated heterocycles. The first-order valence-corrected chi connectivity index (χ1v) is 5.68. The van der Waals surface area contributed by atoms with Gasteiger partial charge in [0.05, 0.1) is 13.2 Å². The Bertz CT molecular complexity index is 84.5. The number of aliphatic hydroxyl groups is 1. The van der Waals surface area contributed by atoms with Gasteiger partial charge in [-0.25, -0.2) is 0 Å². The normalized spacial score (nSPS) is 10.7. The standard InChI is InChI=1S/C11H24O3/c1-2-3-8-13-10-11-14-9-6-4-5-7-12/h12H,2-11H2,1H3. The van der Waals surface area contributed by atoms with Crippen LogP contribution in [0.25, 0.3) is 0 Å². The van der Waals surface area contributed by atoms with Crippen LogP contribution in [0.3, 0.4) is 0 Å². The Balaban J connectivity index is 2.78. The van der Waals surface area contributed by atoms with E-state index >= 15 is 0 Å². The van der Waals surface area contributed by atoms with Gasteiger partial charge in [0, 0.05) is 19.8 Å². The summed E-state index contributed by atoms with van der Waals surface area (Å²) in [5.74, 6) is 0. The van der Waals surface area contributed by atoms with Crippen LogP contribution in [0.15, 0.2) is 0 Å². The van der Waals surface area contributed by atoms with Crippen LogP contribution >= 0.6 is 0 Å². The summed E-state index contributed by atoms with van der Waals surface area (Å²) in [6.07, 6.45) is 5.29. The van der Waals surface area contributed by atoms with Crippen molar-refractivity contribution in [1.29, 1.82) is 0 Å². The van der Waals surface area contributed by atoms with E-state index in [0.717, 1.165) is 38.9 Å². The molecule has 0 radical (unpaired) electrons. The van der Waals surface area contributed by atoms with Gasteiger partial charge in [-0.1, -0.05) is 13.3 Å². The molecule has 1 N–H and O–H groups in total. The molecule has 0 amide bonds. The highest BCUT2D eigenvalue weighted by molar-refractivity contribution is 4.39. The SMILES string of the molecule is CCCCOCCOCCCCCO. The third-order valence-corrected chi connectivity index (χ3v) is 1.96. The van der Waals surface area contributed by atoms with E-state index < -0.39 is 0 Å². The summed E-state index contributed by atoms with van der Waals surface area (Å²) < 4.78 is 10.7. The van der Waals surface area contributed by atoms with Gasteiger partial charge in [0.25, 0.3) is 0 Å². The maximum absolute atomic E-state index is 8.53. The molecule has 0 aliphatic rings. The van der Waals surface area contributed by atoms with Gasteiger partial charge in [-0.3, -0.25) is 0 Å². The molecule has 3 heteroatoms. The third-order valence-electron chi connectivity index (χ3n) is 1.96. The second-order valence-corrected chi connectivity index (χ2v) is 3.36. The Labute approximate surface area is 87.4 Å². The lowest BCUT2D eigenvalue weighted by atomic mass is 10.2. The third kappa shape index (κ3) is 11.9. The van der Waals surface area contributed by atoms with Crippen molar-refractivity contribution in [2.24, 2.45) is 0 Å². The molecule has 0 saturated carbocycles. The van der Waals surface area contributed by atoms with Crippen LogP contribution in [0.2, 0.25) is 0 Å². The monoisotopic (exact) mass is 204 g/mol. The first-order valence-electron chi connectivity index (χ1n) is 5.68. The Hall–Kier alpha value is -0.120. The summed E-state index contributed by atoms with van der Waals surface area (Å²) in [5, 5.41) is 8.53. The van der Waals surface area contributed by atoms with Crippen molar-refractivity contribution < 1.29 is 14.6 Å². The fourth-order valence-corrected chi connectivity index (χ4v) is 1.06. The van der Waals surface area contributed by atoms with Gasteiger partial charge in [-0.05, 0) is 25.7 Å². The lowest BCUT2D eigenvalue weighted by molar-refractivity contribution is 0.0450. The van der Waals surface area contributed by atoms with Crippen LogP contribution in [0, 0.1) is 0 Å². The number of aliphatic hydroxyl groups excluding tert-OH is 1. The van der Waals surface area contributed by atoms with E-state index in [1.165, 1.54) is 6.42 Å². The molecule has 0 unspecified atom stereocenters. The molecule has 0 heterocycles. The smallest absolute Gasteiger partial charge is 0.0700 e. The molecular weight excluding hydrogens is 180 g/mol. The second-order valence-electron chi connectivity index (χ2n) is 3.36. The minimum absolute atomic E-state index is 0.292. The number of rotatable bonds is 11. The summed E-state index contributed by atoms with van der Waals surface area (Å²) >= 11 is 0. The summed E-state index contributed by atoms with van der Waals surface area (Å²) in [5.41, 5.74) is 0. The van der Waals surface area contributed by atoms with Gasteiger partial charge >= 0.3 is 0 Å². The molecule has 0 aromatic rings. The first kappa shape index (κ1) is 13.9. The van der Waals surface area contributed by atoms with Crippen molar-refractivity contribution >= 4 is 0 Å². The van der Waals surface area contributed by atoms with Crippen molar-refractivity contribution in [3.63, 3.8) is 0 Å². The van der Waals surface area contributed by atoms with Crippen molar-refractivity contribution in [1.82, 2.24) is 0 Å². The van der Waals surface area contributed by atoms with Crippen molar-refractivity contribution in [3.8, 4) is 0 Å². The van der Waals surface area contributed by atoms with Crippen molar-refractivity contribution in [2.45, 2.75) is 39.0 Å². The largest absolute Gasteiger partial charge is 0.396 e. The molecule has 86 valence electrons. The van der Waals surface area contributed by atoms with E-state index in [1.807, 2.05) is 0 Å². The lowest BCUT2D eigenvalue weighted by Crippen LogP contribution is -2.06. The van der Waals surface area contributed by atoms with E-state index in [1.54, 1.807) is 0 Å². The molecule has 0 fully saturated rings. The number of hydrogen-bond donors (Lipinski definition) is 1. The number of unbranched alkanes of at least 4 members (excludes halogenated alkanes) is 3. The van der Waals surface area contributed by atoms with Gasteiger partial charge in [0.2, 0.25) is 0 Å². The van der Waals surface area contributed by atoms with Crippen LogP contribution in [0.5, 0.6) is 0 Å². The topological polar surface area (TPSA) is 38.7 Å². The van der Waals surface area contributed by atoms with Crippen molar-refractivity contribution in [2.75, 3.05) is 33.0 Å². The van der Waals surface area contributed by atoms with E-state index in [4.69, 9.17) is 14.6 Å². The van der Waals surface area contributed by atoms with Gasteiger partial charge in [-0.2, -0.15) is 0 Å². The van der Waals surface area contributed by atoms with Crippen LogP contribution in [-0.4, -0.2) is 38.1 Å². The number of hydrogen-bond acceptors (Lipinski definition) is 3. The summed E-state index contributed by atoms with van der Waals surface area (Å²) in [4.78, 5) is 0. The molecule has 0 aromatic carbocycles. The van der Waals surface area contributed by atoms with Crippen molar-refractivity contribution in [3.05, 3.63) is 0 Å². The Kier molecular flexibility index (Phi) is 12.8. The van der Waals surface area contributed by atoms with E-state index in [-0.39, 0.29) is 0 Å². The average molecular weight is 204 g/mol. The minimum Gasteiger partial charge on any atom is -0.396 e. The zero-order valence-corrected chi connectivity index (χ0v) is 9.33. The molecule has 0 bridgehead atoms. The van der Waals surface area contributed by atoms with Gasteiger partial charge < -0.3 is 14.6 Å². The van der Waals surface area contributed by atoms with Gasteiger partial charge in [0.15, 0.2) is 0 Å². The van der Waals surface area contributed by atoms with Gasteiger partial charge in [0.1, 0.15) is 0 Å². The highest BCUT2D eigenvalue weighted by Crippen LogP contribution is 1.94. The van der Waals surface area contributed by atoms with Crippen LogP contribution < -0.4 is 0 Å². The molecule has 0 atom stereocenters. The predicted molar refractivity (Wildman–Crippen MR) is 57.5 cm³/mol. The first-order chi connectivity index (χ1) is 6.91. The maximum atomic E-state index is 8.53. The fraction of sp³-hybridized carbons (Fsp3) is 1.00. The second kappa shape index (κ2) is 12.9. The maximum Gasteiger partial charge on any atom is 0.0700 e. The molecule has 14 heavy (non-hydrogen) atoms. The fourth-order valence-electron chi connectivity index (χ4n) is 1.06. The van der Waals surface area contributed by atoms with E-state index in [9.17, 15) is 0 Å². The lowest BCUT2D eigenvalue weighted by Gasteiger charge is -2.04. The summed E-state index contributed by atoms with van der Waals surface area (Å²) in [7, 11) is 0. The zero-order chi connectivity index (χ0) is 10.5. The Morgan fingerprint density at radius 2 is 1.43 bits per heavy atom. The van der Waals surface area contributed by atoms with Gasteiger partial charge in [-0.15, -0.1) is 0 Å². The highest BCUT2D eigenvalue weighted by Gasteiger charge is 1.90. The molecule has 0 aromatic heterocycles. The highest BCUT2D eigenvalue weighted by atomic mass is 16.5. The molecule has 0 aliphatic heterocycles. The van der Waals surface area contributed by atoms with Crippen LogP contribution in [-0.2, 0) is 9.47 Å². The van der Waals surface area contributed by atoms with E-state index in [2.05, 4.69) is 6.92 Å². The number of ether oxygens (including phenoxy) is 2. The molecular formula is C11H24O3. The van der Waals surface area contributed by atoms with E-state index in [0.29, 0.717) is 19.8 Å². The molecule has 0 rings (SSSR count). The van der Waals surface area contributed by atoms with Crippen LogP contribution in [0.4, 0.5) is 0 Å². The summed E-state index contributed by atoms with van der Waals surface area (Å²) in [6, 6.07) is 0. The molecule has 0 spiro atoms. The van der Waals surface area contributed by atoms with Crippen LogP contribution in [0.1, 0.15) is 39.0 Å². The quantitative estimate of drug-likeness (QED) is 0.523. The summed E-state index contributed by atoms with van der Waals surface area (Å²) in [6.45, 7) is 5.49. The Morgan fingerprint density at radius 1 is 0.786 bits per heavy atom. The Morgan fingerprint density at radius 3 is 2.00 bits per heavy atom. The zero-order valence-electron chi connectivity index (χ0n) is 9.33. The molecule has 3 nitrogen and oxygen atoms in total. The average Bonchev–Trinajstić information content (AvgIpc) is 2.21.